The van der Waals surface area contributed by atoms with Crippen molar-refractivity contribution < 1.29 is 0 Å². The predicted molar refractivity (Wildman–Crippen MR) is 68.2 cm³/mol. The molecular weight excluding hydrogens is 210 g/mol. The SMILES string of the molecule is C=C(C#N)/N=C/C(=C)c1ccc(C)cc1C#N. The highest BCUT2D eigenvalue weighted by Gasteiger charge is 2.04. The van der Waals surface area contributed by atoms with Crippen molar-refractivity contribution in [2.24, 2.45) is 4.99 Å². The van der Waals surface area contributed by atoms with Crippen molar-refractivity contribution in [2.45, 2.75) is 6.92 Å². The van der Waals surface area contributed by atoms with Crippen LogP contribution in [0.5, 0.6) is 0 Å². The lowest BCUT2D eigenvalue weighted by atomic mass is 10.0. The summed E-state index contributed by atoms with van der Waals surface area (Å²) in [6.45, 7) is 9.16. The average Bonchev–Trinajstić information content (AvgIpc) is 2.35. The molecule has 17 heavy (non-hydrogen) atoms. The van der Waals surface area contributed by atoms with Gasteiger partial charge in [0.1, 0.15) is 11.8 Å². The lowest BCUT2D eigenvalue weighted by molar-refractivity contribution is 1.39. The van der Waals surface area contributed by atoms with Crippen LogP contribution in [0.4, 0.5) is 0 Å². The van der Waals surface area contributed by atoms with Gasteiger partial charge >= 0.3 is 0 Å². The fourth-order valence-corrected chi connectivity index (χ4v) is 1.28. The Balaban J connectivity index is 3.07. The molecule has 0 aliphatic rings. The van der Waals surface area contributed by atoms with Gasteiger partial charge in [-0.3, -0.25) is 0 Å². The van der Waals surface area contributed by atoms with Crippen LogP contribution in [-0.2, 0) is 0 Å². The van der Waals surface area contributed by atoms with E-state index in [2.05, 4.69) is 24.2 Å². The lowest BCUT2D eigenvalue weighted by Gasteiger charge is -2.03. The molecule has 0 aliphatic heterocycles. The van der Waals surface area contributed by atoms with Crippen molar-refractivity contribution >= 4 is 11.8 Å². The maximum Gasteiger partial charge on any atom is 0.133 e. The standard InChI is InChI=1S/C14H11N3/c1-10-4-5-14(13(6-10)8-16)11(2)9-17-12(3)7-15/h4-6,9H,2-3H2,1H3/b17-9+. The van der Waals surface area contributed by atoms with Crippen LogP contribution >= 0.6 is 0 Å². The number of nitrogens with zero attached hydrogens (tertiary/aromatic N) is 3. The van der Waals surface area contributed by atoms with Gasteiger partial charge in [-0.25, -0.2) is 4.99 Å². The quantitative estimate of drug-likeness (QED) is 0.582. The van der Waals surface area contributed by atoms with E-state index in [-0.39, 0.29) is 5.70 Å². The van der Waals surface area contributed by atoms with Gasteiger partial charge in [0.15, 0.2) is 0 Å². The van der Waals surface area contributed by atoms with Gasteiger partial charge in [-0.1, -0.05) is 25.3 Å². The highest BCUT2D eigenvalue weighted by molar-refractivity contribution is 6.10. The van der Waals surface area contributed by atoms with E-state index >= 15 is 0 Å². The fraction of sp³-hybridized carbons (Fsp3) is 0.0714. The van der Waals surface area contributed by atoms with Crippen molar-refractivity contribution in [3.63, 3.8) is 0 Å². The Hall–Kier alpha value is -2.65. The molecule has 1 aromatic rings. The van der Waals surface area contributed by atoms with Gasteiger partial charge < -0.3 is 0 Å². The minimum absolute atomic E-state index is 0.108. The van der Waals surface area contributed by atoms with Crippen LogP contribution in [-0.4, -0.2) is 6.21 Å². The van der Waals surface area contributed by atoms with Crippen LogP contribution in [0.2, 0.25) is 0 Å². The molecule has 0 radical (unpaired) electrons. The van der Waals surface area contributed by atoms with Gasteiger partial charge in [-0.15, -0.1) is 0 Å². The van der Waals surface area contributed by atoms with Crippen LogP contribution < -0.4 is 0 Å². The molecule has 82 valence electrons. The molecule has 0 unspecified atom stereocenters. The van der Waals surface area contributed by atoms with Crippen molar-refractivity contribution in [3.8, 4) is 12.1 Å². The topological polar surface area (TPSA) is 59.9 Å². The van der Waals surface area contributed by atoms with E-state index in [1.54, 1.807) is 6.07 Å². The summed E-state index contributed by atoms with van der Waals surface area (Å²) < 4.78 is 0. The number of hydrogen-bond acceptors (Lipinski definition) is 3. The Morgan fingerprint density at radius 3 is 2.65 bits per heavy atom. The summed E-state index contributed by atoms with van der Waals surface area (Å²) >= 11 is 0. The number of aryl methyl sites for hydroxylation is 1. The van der Waals surface area contributed by atoms with Crippen LogP contribution in [0.3, 0.4) is 0 Å². The van der Waals surface area contributed by atoms with E-state index in [0.29, 0.717) is 16.7 Å². The summed E-state index contributed by atoms with van der Waals surface area (Å²) in [4.78, 5) is 3.83. The third kappa shape index (κ3) is 3.15. The molecule has 1 aromatic carbocycles. The number of rotatable bonds is 3. The zero-order valence-corrected chi connectivity index (χ0v) is 9.57. The van der Waals surface area contributed by atoms with E-state index in [1.165, 1.54) is 6.21 Å². The maximum absolute atomic E-state index is 9.01. The van der Waals surface area contributed by atoms with E-state index in [0.717, 1.165) is 5.56 Å². The van der Waals surface area contributed by atoms with Crippen LogP contribution in [0.15, 0.2) is 42.0 Å². The highest BCUT2D eigenvalue weighted by atomic mass is 14.7. The molecular formula is C14H11N3. The molecule has 0 N–H and O–H groups in total. The molecule has 3 heteroatoms. The normalized spacial score (nSPS) is 9.59. The monoisotopic (exact) mass is 221 g/mol. The number of aliphatic imine (C=N–C) groups is 1. The largest absolute Gasteiger partial charge is 0.246 e. The predicted octanol–water partition coefficient (Wildman–Crippen LogP) is 2.99. The first-order valence-corrected chi connectivity index (χ1v) is 4.91. The summed E-state index contributed by atoms with van der Waals surface area (Å²) in [5.41, 5.74) is 2.96. The van der Waals surface area contributed by atoms with Crippen molar-refractivity contribution in [1.29, 1.82) is 10.5 Å². The molecule has 0 atom stereocenters. The third-order valence-corrected chi connectivity index (χ3v) is 2.15. The Labute approximate surface area is 101 Å². The second-order valence-electron chi connectivity index (χ2n) is 3.50. The molecule has 0 spiro atoms. The van der Waals surface area contributed by atoms with Crippen molar-refractivity contribution in [3.05, 3.63) is 53.7 Å². The zero-order chi connectivity index (χ0) is 12.8. The molecule has 0 bridgehead atoms. The minimum atomic E-state index is 0.108. The van der Waals surface area contributed by atoms with Crippen LogP contribution in [0, 0.1) is 29.6 Å². The summed E-state index contributed by atoms with van der Waals surface area (Å²) in [5.74, 6) is 0. The third-order valence-electron chi connectivity index (χ3n) is 2.15. The molecule has 0 amide bonds. The first-order chi connectivity index (χ1) is 8.08. The van der Waals surface area contributed by atoms with E-state index in [4.69, 9.17) is 10.5 Å². The Bertz CT molecular complexity index is 580. The molecule has 1 rings (SSSR count). The van der Waals surface area contributed by atoms with Gasteiger partial charge in [-0.2, -0.15) is 10.5 Å². The smallest absolute Gasteiger partial charge is 0.133 e. The van der Waals surface area contributed by atoms with E-state index in [9.17, 15) is 0 Å². The molecule has 0 fully saturated rings. The summed E-state index contributed by atoms with van der Waals surface area (Å²) in [6, 6.07) is 9.42. The van der Waals surface area contributed by atoms with Gasteiger partial charge in [0.2, 0.25) is 0 Å². The molecule has 0 saturated carbocycles. The van der Waals surface area contributed by atoms with Gasteiger partial charge in [0, 0.05) is 11.8 Å². The molecule has 0 saturated heterocycles. The molecule has 0 aliphatic carbocycles. The van der Waals surface area contributed by atoms with E-state index < -0.39 is 0 Å². The highest BCUT2D eigenvalue weighted by Crippen LogP contribution is 2.17. The first kappa shape index (κ1) is 12.4. The molecule has 0 aromatic heterocycles. The van der Waals surface area contributed by atoms with Crippen molar-refractivity contribution in [2.75, 3.05) is 0 Å². The second kappa shape index (κ2) is 5.44. The first-order valence-electron chi connectivity index (χ1n) is 4.91. The van der Waals surface area contributed by atoms with Crippen LogP contribution in [0.25, 0.3) is 5.57 Å². The second-order valence-corrected chi connectivity index (χ2v) is 3.50. The summed E-state index contributed by atoms with van der Waals surface area (Å²) in [5, 5.41) is 17.5. The zero-order valence-electron chi connectivity index (χ0n) is 9.57. The Morgan fingerprint density at radius 2 is 2.06 bits per heavy atom. The lowest BCUT2D eigenvalue weighted by Crippen LogP contribution is -1.91. The fourth-order valence-electron chi connectivity index (χ4n) is 1.28. The summed E-state index contributed by atoms with van der Waals surface area (Å²) in [6.07, 6.45) is 1.44. The van der Waals surface area contributed by atoms with Crippen LogP contribution in [0.1, 0.15) is 16.7 Å². The Morgan fingerprint density at radius 1 is 1.35 bits per heavy atom. The van der Waals surface area contributed by atoms with Crippen molar-refractivity contribution in [1.82, 2.24) is 0 Å². The van der Waals surface area contributed by atoms with E-state index in [1.807, 2.05) is 25.1 Å². The number of benzene rings is 1. The number of nitriles is 2. The minimum Gasteiger partial charge on any atom is -0.246 e. The summed E-state index contributed by atoms with van der Waals surface area (Å²) in [7, 11) is 0. The van der Waals surface area contributed by atoms with Gasteiger partial charge in [0.05, 0.1) is 11.6 Å². The number of hydrogen-bond donors (Lipinski definition) is 0. The van der Waals surface area contributed by atoms with Gasteiger partial charge in [-0.05, 0) is 24.1 Å². The number of allylic oxidation sites excluding steroid dienone is 2. The maximum atomic E-state index is 9.01. The molecule has 3 nitrogen and oxygen atoms in total. The Kier molecular flexibility index (Phi) is 3.97. The van der Waals surface area contributed by atoms with Gasteiger partial charge in [0.25, 0.3) is 0 Å². The average molecular weight is 221 g/mol. The molecule has 0 heterocycles.